The minimum atomic E-state index is -5.08. The molecule has 5 rings (SSSR count). The smallest absolute Gasteiger partial charge is 0.475 e. The Labute approximate surface area is 201 Å². The van der Waals surface area contributed by atoms with Crippen molar-refractivity contribution in [3.63, 3.8) is 0 Å². The number of nitrogens with zero attached hydrogens (tertiary/aromatic N) is 6. The van der Waals surface area contributed by atoms with E-state index in [1.165, 1.54) is 29.0 Å². The first kappa shape index (κ1) is 24.2. The molecule has 1 atom stereocenters. The molecule has 0 saturated heterocycles. The van der Waals surface area contributed by atoms with Gasteiger partial charge in [0.15, 0.2) is 16.4 Å². The Kier molecular flexibility index (Phi) is 6.49. The summed E-state index contributed by atoms with van der Waals surface area (Å²) in [4.78, 5) is 47.7. The van der Waals surface area contributed by atoms with Gasteiger partial charge in [-0.25, -0.2) is 29.7 Å². The summed E-state index contributed by atoms with van der Waals surface area (Å²) in [5.74, 6) is -2.18. The van der Waals surface area contributed by atoms with Gasteiger partial charge in [-0.1, -0.05) is 0 Å². The predicted octanol–water partition coefficient (Wildman–Crippen LogP) is 3.66. The summed E-state index contributed by atoms with van der Waals surface area (Å²) in [6.45, 7) is 3.84. The van der Waals surface area contributed by atoms with Gasteiger partial charge >= 0.3 is 12.1 Å². The van der Waals surface area contributed by atoms with Crippen molar-refractivity contribution in [1.29, 1.82) is 0 Å². The lowest BCUT2D eigenvalue weighted by molar-refractivity contribution is -0.192. The second-order valence-corrected chi connectivity index (χ2v) is 8.59. The van der Waals surface area contributed by atoms with Crippen LogP contribution < -0.4 is 10.9 Å². The number of carbonyl (C=O) groups is 1. The third-order valence-electron chi connectivity index (χ3n) is 4.68. The molecule has 0 aliphatic heterocycles. The van der Waals surface area contributed by atoms with Gasteiger partial charge in [0.2, 0.25) is 0 Å². The van der Waals surface area contributed by atoms with Crippen LogP contribution in [0.5, 0.6) is 0 Å². The quantitative estimate of drug-likeness (QED) is 0.320. The van der Waals surface area contributed by atoms with E-state index in [1.807, 2.05) is 24.6 Å². The van der Waals surface area contributed by atoms with E-state index in [2.05, 4.69) is 30.2 Å². The van der Waals surface area contributed by atoms with Gasteiger partial charge in [0.1, 0.15) is 11.8 Å². The molecule has 182 valence electrons. The summed E-state index contributed by atoms with van der Waals surface area (Å²) in [6, 6.07) is -0.299. The van der Waals surface area contributed by atoms with Crippen LogP contribution in [0.3, 0.4) is 0 Å². The molecule has 5 aromatic heterocycles. The molecule has 0 spiro atoms. The van der Waals surface area contributed by atoms with Crippen molar-refractivity contribution >= 4 is 50.6 Å². The SMILES string of the molecule is Cc1csc2nc(C(C)Nc3ncnc4[nH]cnc34)c(-c3cscn3)c(=O)n12.O=C(O)C(F)(F)F. The molecule has 0 fully saturated rings. The Bertz CT molecular complexity index is 1560. The van der Waals surface area contributed by atoms with E-state index in [0.29, 0.717) is 38.9 Å². The van der Waals surface area contributed by atoms with Gasteiger partial charge in [0.25, 0.3) is 5.56 Å². The van der Waals surface area contributed by atoms with Crippen LogP contribution in [0, 0.1) is 6.92 Å². The van der Waals surface area contributed by atoms with E-state index >= 15 is 0 Å². The second-order valence-electron chi connectivity index (χ2n) is 7.04. The molecule has 5 aromatic rings. The molecule has 0 bridgehead atoms. The summed E-state index contributed by atoms with van der Waals surface area (Å²) in [5.41, 5.74) is 5.47. The van der Waals surface area contributed by atoms with Crippen molar-refractivity contribution in [3.05, 3.63) is 50.7 Å². The molecule has 16 heteroatoms. The highest BCUT2D eigenvalue weighted by Crippen LogP contribution is 2.29. The number of hydrogen-bond donors (Lipinski definition) is 3. The minimum absolute atomic E-state index is 0.120. The van der Waals surface area contributed by atoms with Gasteiger partial charge in [-0.05, 0) is 13.8 Å². The molecule has 0 aromatic carbocycles. The number of aryl methyl sites for hydroxylation is 1. The zero-order chi connectivity index (χ0) is 25.3. The van der Waals surface area contributed by atoms with Crippen molar-refractivity contribution < 1.29 is 23.1 Å². The number of hydrogen-bond acceptors (Lipinski definition) is 10. The average Bonchev–Trinajstić information content (AvgIpc) is 3.55. The van der Waals surface area contributed by atoms with E-state index in [1.54, 1.807) is 16.2 Å². The summed E-state index contributed by atoms with van der Waals surface area (Å²) < 4.78 is 33.4. The standard InChI is InChI=1S/C17H14N8OS2.C2HF3O2/c1-8-3-28-17-24-12(11(16(26)25(8)17)10-4-27-7-22-10)9(2)23-15-13-14(19-5-18-13)20-6-21-15;3-2(4,5)1(6)7/h3-7,9H,1-2H3,(H2,18,19,20,21,23);(H,6,7). The van der Waals surface area contributed by atoms with Crippen molar-refractivity contribution in [1.82, 2.24) is 34.3 Å². The highest BCUT2D eigenvalue weighted by atomic mass is 32.1. The van der Waals surface area contributed by atoms with Crippen LogP contribution in [0.4, 0.5) is 19.0 Å². The third-order valence-corrected chi connectivity index (χ3v) is 6.21. The number of halogens is 3. The van der Waals surface area contributed by atoms with Crippen molar-refractivity contribution in [2.45, 2.75) is 26.1 Å². The molecule has 35 heavy (non-hydrogen) atoms. The number of nitrogens with one attached hydrogen (secondary N) is 2. The van der Waals surface area contributed by atoms with Crippen LogP contribution in [0.15, 0.2) is 33.7 Å². The molecule has 0 amide bonds. The van der Waals surface area contributed by atoms with E-state index in [-0.39, 0.29) is 11.6 Å². The topological polar surface area (TPSA) is 151 Å². The number of aromatic amines is 1. The number of alkyl halides is 3. The van der Waals surface area contributed by atoms with Crippen molar-refractivity contribution in [2.75, 3.05) is 5.32 Å². The Balaban J connectivity index is 0.000000364. The third kappa shape index (κ3) is 4.83. The first-order chi connectivity index (χ1) is 16.6. The lowest BCUT2D eigenvalue weighted by atomic mass is 10.1. The molecule has 1 unspecified atom stereocenters. The summed E-state index contributed by atoms with van der Waals surface area (Å²) >= 11 is 2.88. The number of aromatic nitrogens is 7. The van der Waals surface area contributed by atoms with Crippen molar-refractivity contribution in [3.8, 4) is 11.3 Å². The predicted molar refractivity (Wildman–Crippen MR) is 123 cm³/mol. The number of anilines is 1. The molecule has 0 saturated carbocycles. The maximum atomic E-state index is 13.3. The lowest BCUT2D eigenvalue weighted by Crippen LogP contribution is -2.23. The fourth-order valence-corrected chi connectivity index (χ4v) is 4.54. The number of H-pyrrole nitrogens is 1. The molecule has 0 radical (unpaired) electrons. The highest BCUT2D eigenvalue weighted by molar-refractivity contribution is 7.15. The fraction of sp³-hybridized carbons (Fsp3) is 0.211. The first-order valence-corrected chi connectivity index (χ1v) is 11.5. The molecule has 5 heterocycles. The van der Waals surface area contributed by atoms with Gasteiger partial charge < -0.3 is 15.4 Å². The van der Waals surface area contributed by atoms with E-state index in [0.717, 1.165) is 5.69 Å². The number of carboxylic acid groups (broad SMARTS) is 1. The van der Waals surface area contributed by atoms with Gasteiger partial charge in [-0.15, -0.1) is 22.7 Å². The first-order valence-electron chi connectivity index (χ1n) is 9.68. The largest absolute Gasteiger partial charge is 0.490 e. The van der Waals surface area contributed by atoms with Gasteiger partial charge in [0, 0.05) is 16.5 Å². The van der Waals surface area contributed by atoms with Crippen molar-refractivity contribution in [2.24, 2.45) is 0 Å². The van der Waals surface area contributed by atoms with Crippen LogP contribution in [0.2, 0.25) is 0 Å². The zero-order valence-electron chi connectivity index (χ0n) is 17.9. The molecular weight excluding hydrogens is 509 g/mol. The maximum Gasteiger partial charge on any atom is 0.490 e. The van der Waals surface area contributed by atoms with E-state index in [9.17, 15) is 18.0 Å². The second kappa shape index (κ2) is 9.38. The molecule has 0 aliphatic carbocycles. The summed E-state index contributed by atoms with van der Waals surface area (Å²) in [6.07, 6.45) is -2.05. The molecular formula is C19H15F3N8O3S2. The van der Waals surface area contributed by atoms with Crippen LogP contribution in [0.1, 0.15) is 24.4 Å². The summed E-state index contributed by atoms with van der Waals surface area (Å²) in [7, 11) is 0. The molecule has 0 aliphatic rings. The summed E-state index contributed by atoms with van der Waals surface area (Å²) in [5, 5.41) is 14.2. The number of fused-ring (bicyclic) bond motifs is 2. The van der Waals surface area contributed by atoms with Gasteiger partial charge in [-0.2, -0.15) is 13.2 Å². The number of aliphatic carboxylic acids is 1. The fourth-order valence-electron chi connectivity index (χ4n) is 3.13. The van der Waals surface area contributed by atoms with Crippen LogP contribution in [-0.2, 0) is 4.79 Å². The Morgan fingerprint density at radius 1 is 1.23 bits per heavy atom. The Morgan fingerprint density at radius 3 is 2.63 bits per heavy atom. The number of carboxylic acids is 1. The number of thiazole rings is 2. The Morgan fingerprint density at radius 2 is 1.97 bits per heavy atom. The average molecular weight is 525 g/mol. The maximum absolute atomic E-state index is 13.3. The van der Waals surface area contributed by atoms with Crippen LogP contribution >= 0.6 is 22.7 Å². The normalized spacial score (nSPS) is 12.4. The number of rotatable bonds is 4. The molecule has 11 nitrogen and oxygen atoms in total. The van der Waals surface area contributed by atoms with E-state index < -0.39 is 12.1 Å². The molecule has 3 N–H and O–H groups in total. The van der Waals surface area contributed by atoms with Crippen LogP contribution in [-0.4, -0.2) is 51.6 Å². The monoisotopic (exact) mass is 524 g/mol. The number of imidazole rings is 1. The van der Waals surface area contributed by atoms with Crippen LogP contribution in [0.25, 0.3) is 27.4 Å². The highest BCUT2D eigenvalue weighted by Gasteiger charge is 2.38. The zero-order valence-corrected chi connectivity index (χ0v) is 19.5. The van der Waals surface area contributed by atoms with Gasteiger partial charge in [-0.3, -0.25) is 9.20 Å². The lowest BCUT2D eigenvalue weighted by Gasteiger charge is -2.17. The van der Waals surface area contributed by atoms with E-state index in [4.69, 9.17) is 14.9 Å². The minimum Gasteiger partial charge on any atom is -0.475 e. The Hall–Kier alpha value is -3.92. The van der Waals surface area contributed by atoms with Gasteiger partial charge in [0.05, 0.1) is 34.8 Å².